The number of benzene rings is 1. The van der Waals surface area contributed by atoms with Crippen LogP contribution in [0.3, 0.4) is 0 Å². The molecule has 2 rings (SSSR count). The predicted molar refractivity (Wildman–Crippen MR) is 80.7 cm³/mol. The van der Waals surface area contributed by atoms with Gasteiger partial charge in [-0.15, -0.1) is 11.8 Å². The Morgan fingerprint density at radius 3 is 2.60 bits per heavy atom. The molecule has 0 aliphatic rings. The van der Waals surface area contributed by atoms with E-state index in [9.17, 15) is 0 Å². The average Bonchev–Trinajstić information content (AvgIpc) is 2.52. The first-order valence-electron chi connectivity index (χ1n) is 6.07. The molecule has 0 unspecified atom stereocenters. The van der Waals surface area contributed by atoms with Crippen LogP contribution in [0.2, 0.25) is 0 Å². The molecule has 106 valence electrons. The van der Waals surface area contributed by atoms with Crippen LogP contribution in [-0.2, 0) is 6.54 Å². The Kier molecular flexibility index (Phi) is 5.06. The Hall–Kier alpha value is -1.95. The molecular weight excluding hydrogens is 274 g/mol. The van der Waals surface area contributed by atoms with E-state index in [4.69, 9.17) is 9.47 Å². The molecule has 2 aromatic rings. The summed E-state index contributed by atoms with van der Waals surface area (Å²) < 4.78 is 10.5. The third-order valence-corrected chi connectivity index (χ3v) is 3.41. The van der Waals surface area contributed by atoms with E-state index in [1.807, 2.05) is 30.5 Å². The molecule has 0 radical (unpaired) electrons. The number of anilines is 1. The molecule has 0 aliphatic heterocycles. The Morgan fingerprint density at radius 1 is 1.10 bits per heavy atom. The van der Waals surface area contributed by atoms with Crippen LogP contribution in [0.1, 0.15) is 5.56 Å². The molecule has 0 saturated carbocycles. The van der Waals surface area contributed by atoms with Gasteiger partial charge in [-0.3, -0.25) is 0 Å². The van der Waals surface area contributed by atoms with Gasteiger partial charge in [0, 0.05) is 12.6 Å². The molecular formula is C14H17N3O2S. The molecule has 6 heteroatoms. The monoisotopic (exact) mass is 291 g/mol. The van der Waals surface area contributed by atoms with Crippen LogP contribution in [0.5, 0.6) is 11.5 Å². The highest BCUT2D eigenvalue weighted by atomic mass is 32.2. The van der Waals surface area contributed by atoms with Crippen molar-refractivity contribution in [1.29, 1.82) is 0 Å². The normalized spacial score (nSPS) is 10.2. The minimum absolute atomic E-state index is 0.658. The van der Waals surface area contributed by atoms with Gasteiger partial charge in [-0.2, -0.15) is 0 Å². The summed E-state index contributed by atoms with van der Waals surface area (Å²) in [6.07, 6.45) is 3.54. The van der Waals surface area contributed by atoms with E-state index < -0.39 is 0 Å². The SMILES string of the molecule is COc1ccc(CNc2cc(SC)ncn2)cc1OC. The number of hydrogen-bond donors (Lipinski definition) is 1. The number of nitrogens with zero attached hydrogens (tertiary/aromatic N) is 2. The number of thioether (sulfide) groups is 1. The molecule has 0 amide bonds. The molecule has 0 aliphatic carbocycles. The number of methoxy groups -OCH3 is 2. The van der Waals surface area contributed by atoms with E-state index in [-0.39, 0.29) is 0 Å². The van der Waals surface area contributed by atoms with Crippen molar-refractivity contribution in [3.8, 4) is 11.5 Å². The summed E-state index contributed by atoms with van der Waals surface area (Å²) in [7, 11) is 3.25. The van der Waals surface area contributed by atoms with Gasteiger partial charge in [0.25, 0.3) is 0 Å². The van der Waals surface area contributed by atoms with E-state index in [0.717, 1.165) is 27.9 Å². The highest BCUT2D eigenvalue weighted by Gasteiger charge is 2.05. The van der Waals surface area contributed by atoms with E-state index >= 15 is 0 Å². The van der Waals surface area contributed by atoms with Crippen LogP contribution < -0.4 is 14.8 Å². The molecule has 1 heterocycles. The zero-order valence-corrected chi connectivity index (χ0v) is 12.5. The largest absolute Gasteiger partial charge is 0.493 e. The molecule has 0 atom stereocenters. The van der Waals surface area contributed by atoms with Gasteiger partial charge < -0.3 is 14.8 Å². The lowest BCUT2D eigenvalue weighted by atomic mass is 10.2. The highest BCUT2D eigenvalue weighted by molar-refractivity contribution is 7.98. The first kappa shape index (κ1) is 14.5. The van der Waals surface area contributed by atoms with Crippen LogP contribution in [0.4, 0.5) is 5.82 Å². The summed E-state index contributed by atoms with van der Waals surface area (Å²) in [6.45, 7) is 0.658. The van der Waals surface area contributed by atoms with Crippen molar-refractivity contribution in [2.24, 2.45) is 0 Å². The second-order valence-corrected chi connectivity index (χ2v) is 4.82. The van der Waals surface area contributed by atoms with Crippen molar-refractivity contribution in [2.75, 3.05) is 25.8 Å². The molecule has 1 N–H and O–H groups in total. The number of ether oxygens (including phenoxy) is 2. The Labute approximate surface area is 122 Å². The smallest absolute Gasteiger partial charge is 0.161 e. The zero-order valence-electron chi connectivity index (χ0n) is 11.7. The summed E-state index contributed by atoms with van der Waals surface area (Å²) in [5, 5.41) is 4.20. The molecule has 1 aromatic carbocycles. The summed E-state index contributed by atoms with van der Waals surface area (Å²) in [6, 6.07) is 7.75. The first-order chi connectivity index (χ1) is 9.76. The van der Waals surface area contributed by atoms with Crippen molar-refractivity contribution in [3.05, 3.63) is 36.2 Å². The summed E-state index contributed by atoms with van der Waals surface area (Å²) in [5.41, 5.74) is 1.09. The topological polar surface area (TPSA) is 56.3 Å². The van der Waals surface area contributed by atoms with Gasteiger partial charge in [-0.25, -0.2) is 9.97 Å². The molecule has 20 heavy (non-hydrogen) atoms. The lowest BCUT2D eigenvalue weighted by Gasteiger charge is -2.10. The van der Waals surface area contributed by atoms with Crippen molar-refractivity contribution in [2.45, 2.75) is 11.6 Å². The van der Waals surface area contributed by atoms with Crippen LogP contribution in [-0.4, -0.2) is 30.4 Å². The third kappa shape index (κ3) is 3.54. The fourth-order valence-corrected chi connectivity index (χ4v) is 2.11. The van der Waals surface area contributed by atoms with Gasteiger partial charge in [0.15, 0.2) is 11.5 Å². The van der Waals surface area contributed by atoms with Crippen molar-refractivity contribution in [1.82, 2.24) is 9.97 Å². The zero-order chi connectivity index (χ0) is 14.4. The summed E-state index contributed by atoms with van der Waals surface area (Å²) >= 11 is 1.59. The van der Waals surface area contributed by atoms with Crippen LogP contribution in [0.25, 0.3) is 0 Å². The van der Waals surface area contributed by atoms with Crippen molar-refractivity contribution >= 4 is 17.6 Å². The van der Waals surface area contributed by atoms with Crippen molar-refractivity contribution in [3.63, 3.8) is 0 Å². The second kappa shape index (κ2) is 7.00. The van der Waals surface area contributed by atoms with Crippen LogP contribution in [0.15, 0.2) is 35.6 Å². The first-order valence-corrected chi connectivity index (χ1v) is 7.30. The number of rotatable bonds is 6. The quantitative estimate of drug-likeness (QED) is 0.652. The number of nitrogens with one attached hydrogen (secondary N) is 1. The lowest BCUT2D eigenvalue weighted by Crippen LogP contribution is -2.02. The average molecular weight is 291 g/mol. The Bertz CT molecular complexity index is 578. The van der Waals surface area contributed by atoms with E-state index in [0.29, 0.717) is 6.54 Å². The minimum Gasteiger partial charge on any atom is -0.493 e. The van der Waals surface area contributed by atoms with Gasteiger partial charge in [0.2, 0.25) is 0 Å². The third-order valence-electron chi connectivity index (χ3n) is 2.77. The fourth-order valence-electron chi connectivity index (χ4n) is 1.73. The molecule has 0 bridgehead atoms. The van der Waals surface area contributed by atoms with Crippen LogP contribution in [0, 0.1) is 0 Å². The van der Waals surface area contributed by atoms with Gasteiger partial charge >= 0.3 is 0 Å². The number of hydrogen-bond acceptors (Lipinski definition) is 6. The molecule has 5 nitrogen and oxygen atoms in total. The van der Waals surface area contributed by atoms with E-state index in [2.05, 4.69) is 15.3 Å². The van der Waals surface area contributed by atoms with Gasteiger partial charge in [-0.1, -0.05) is 6.07 Å². The highest BCUT2D eigenvalue weighted by Crippen LogP contribution is 2.27. The minimum atomic E-state index is 0.658. The van der Waals surface area contributed by atoms with Gasteiger partial charge in [0.1, 0.15) is 17.2 Å². The summed E-state index contributed by atoms with van der Waals surface area (Å²) in [4.78, 5) is 8.33. The van der Waals surface area contributed by atoms with Gasteiger partial charge in [0.05, 0.1) is 14.2 Å². The predicted octanol–water partition coefficient (Wildman–Crippen LogP) is 2.83. The molecule has 0 spiro atoms. The Balaban J connectivity index is 2.06. The standard InChI is InChI=1S/C14H17N3O2S/c1-18-11-5-4-10(6-12(11)19-2)8-15-13-7-14(20-3)17-9-16-13/h4-7,9H,8H2,1-3H3,(H,15,16,17). The van der Waals surface area contributed by atoms with Crippen molar-refractivity contribution < 1.29 is 9.47 Å². The van der Waals surface area contributed by atoms with Crippen LogP contribution >= 0.6 is 11.8 Å². The Morgan fingerprint density at radius 2 is 1.90 bits per heavy atom. The van der Waals surface area contributed by atoms with Gasteiger partial charge in [-0.05, 0) is 24.0 Å². The maximum atomic E-state index is 5.28. The fraction of sp³-hybridized carbons (Fsp3) is 0.286. The maximum Gasteiger partial charge on any atom is 0.161 e. The number of aromatic nitrogens is 2. The maximum absolute atomic E-state index is 5.28. The van der Waals surface area contributed by atoms with E-state index in [1.54, 1.807) is 32.3 Å². The summed E-state index contributed by atoms with van der Waals surface area (Å²) in [5.74, 6) is 2.25. The lowest BCUT2D eigenvalue weighted by molar-refractivity contribution is 0.354. The second-order valence-electron chi connectivity index (χ2n) is 3.99. The van der Waals surface area contributed by atoms with E-state index in [1.165, 1.54) is 0 Å². The molecule has 0 fully saturated rings. The molecule has 0 saturated heterocycles. The molecule has 1 aromatic heterocycles.